The quantitative estimate of drug-likeness (QED) is 0.782. The highest BCUT2D eigenvalue weighted by atomic mass is 35.5. The molecule has 0 amide bonds. The number of aryl methyl sites for hydroxylation is 1. The predicted octanol–water partition coefficient (Wildman–Crippen LogP) is 4.67. The maximum absolute atomic E-state index is 9.47. The van der Waals surface area contributed by atoms with Gasteiger partial charge in [-0.15, -0.1) is 0 Å². The van der Waals surface area contributed by atoms with E-state index in [1.807, 2.05) is 31.2 Å². The van der Waals surface area contributed by atoms with E-state index in [9.17, 15) is 5.11 Å². The monoisotopic (exact) mass is 252 g/mol. The van der Waals surface area contributed by atoms with Gasteiger partial charge in [-0.25, -0.2) is 0 Å². The highest BCUT2D eigenvalue weighted by Crippen LogP contribution is 2.29. The molecule has 0 fully saturated rings. The van der Waals surface area contributed by atoms with Crippen LogP contribution < -0.4 is 0 Å². The molecule has 0 aliphatic rings. The second-order valence-electron chi connectivity index (χ2n) is 3.66. The number of phenols is 1. The van der Waals surface area contributed by atoms with Crippen LogP contribution in [0.25, 0.3) is 11.1 Å². The first-order valence-electron chi connectivity index (χ1n) is 4.82. The van der Waals surface area contributed by atoms with Crippen LogP contribution in [0.1, 0.15) is 5.56 Å². The Morgan fingerprint density at radius 2 is 1.69 bits per heavy atom. The minimum absolute atomic E-state index is 0.162. The molecule has 2 aromatic rings. The fourth-order valence-electron chi connectivity index (χ4n) is 1.57. The summed E-state index contributed by atoms with van der Waals surface area (Å²) in [7, 11) is 0. The van der Waals surface area contributed by atoms with Crippen molar-refractivity contribution in [2.45, 2.75) is 6.92 Å². The molecule has 0 unspecified atom stereocenters. The highest BCUT2D eigenvalue weighted by Gasteiger charge is 2.03. The van der Waals surface area contributed by atoms with Crippen LogP contribution in [0, 0.1) is 6.92 Å². The average molecular weight is 253 g/mol. The molecule has 3 heteroatoms. The van der Waals surface area contributed by atoms with E-state index in [-0.39, 0.29) is 5.75 Å². The lowest BCUT2D eigenvalue weighted by atomic mass is 10.0. The molecule has 2 aromatic carbocycles. The molecule has 0 heterocycles. The zero-order chi connectivity index (χ0) is 11.7. The van der Waals surface area contributed by atoms with E-state index in [1.165, 1.54) is 6.07 Å². The Balaban J connectivity index is 2.54. The molecule has 82 valence electrons. The topological polar surface area (TPSA) is 20.2 Å². The second kappa shape index (κ2) is 4.36. The Bertz CT molecular complexity index is 515. The normalized spacial score (nSPS) is 10.4. The number of aromatic hydroxyl groups is 1. The van der Waals surface area contributed by atoms with E-state index in [4.69, 9.17) is 23.2 Å². The Kier molecular flexibility index (Phi) is 3.08. The molecule has 1 nitrogen and oxygen atoms in total. The summed E-state index contributed by atoms with van der Waals surface area (Å²) in [5, 5.41) is 10.7. The van der Waals surface area contributed by atoms with Gasteiger partial charge in [0, 0.05) is 10.0 Å². The molecule has 0 radical (unpaired) electrons. The van der Waals surface area contributed by atoms with Crippen LogP contribution in [0.4, 0.5) is 0 Å². The third-order valence-corrected chi connectivity index (χ3v) is 3.02. The molecule has 0 saturated carbocycles. The van der Waals surface area contributed by atoms with Crippen LogP contribution >= 0.6 is 23.2 Å². The number of rotatable bonds is 1. The molecule has 2 rings (SSSR count). The summed E-state index contributed by atoms with van der Waals surface area (Å²) in [6.45, 7) is 1.94. The van der Waals surface area contributed by atoms with Gasteiger partial charge in [-0.2, -0.15) is 0 Å². The minimum Gasteiger partial charge on any atom is -0.508 e. The fraction of sp³-hybridized carbons (Fsp3) is 0.0769. The Hall–Kier alpha value is -1.18. The number of phenolic OH excluding ortho intramolecular Hbond substituents is 1. The Labute approximate surface area is 104 Å². The Morgan fingerprint density at radius 3 is 2.31 bits per heavy atom. The standard InChI is InChI=1S/C13H10Cl2O/c1-8-4-9(2-3-13(8)15)10-5-11(14)7-12(16)6-10/h2-7,16H,1H3. The van der Waals surface area contributed by atoms with Crippen LogP contribution in [0.5, 0.6) is 5.75 Å². The van der Waals surface area contributed by atoms with Gasteiger partial charge in [0.1, 0.15) is 5.75 Å². The first kappa shape index (κ1) is 11.3. The van der Waals surface area contributed by atoms with Crippen molar-refractivity contribution in [3.8, 4) is 16.9 Å². The summed E-state index contributed by atoms with van der Waals surface area (Å²) in [6.07, 6.45) is 0. The van der Waals surface area contributed by atoms with Gasteiger partial charge in [0.25, 0.3) is 0 Å². The third-order valence-electron chi connectivity index (χ3n) is 2.37. The van der Waals surface area contributed by atoms with Crippen molar-refractivity contribution >= 4 is 23.2 Å². The van der Waals surface area contributed by atoms with Crippen molar-refractivity contribution in [2.24, 2.45) is 0 Å². The van der Waals surface area contributed by atoms with Crippen LogP contribution in [0.15, 0.2) is 36.4 Å². The van der Waals surface area contributed by atoms with E-state index in [0.29, 0.717) is 5.02 Å². The molecule has 0 spiro atoms. The fourth-order valence-corrected chi connectivity index (χ4v) is 1.91. The highest BCUT2D eigenvalue weighted by molar-refractivity contribution is 6.31. The zero-order valence-electron chi connectivity index (χ0n) is 8.67. The molecular formula is C13H10Cl2O. The molecule has 0 aliphatic heterocycles. The summed E-state index contributed by atoms with van der Waals surface area (Å²) in [5.41, 5.74) is 2.86. The molecule has 0 aromatic heterocycles. The van der Waals surface area contributed by atoms with Gasteiger partial charge >= 0.3 is 0 Å². The maximum atomic E-state index is 9.47. The van der Waals surface area contributed by atoms with E-state index < -0.39 is 0 Å². The molecule has 0 saturated heterocycles. The van der Waals surface area contributed by atoms with Crippen molar-refractivity contribution in [3.63, 3.8) is 0 Å². The summed E-state index contributed by atoms with van der Waals surface area (Å²) >= 11 is 11.8. The first-order chi connectivity index (χ1) is 7.56. The van der Waals surface area contributed by atoms with E-state index >= 15 is 0 Å². The van der Waals surface area contributed by atoms with Crippen molar-refractivity contribution in [1.29, 1.82) is 0 Å². The lowest BCUT2D eigenvalue weighted by Gasteiger charge is -2.06. The van der Waals surface area contributed by atoms with Gasteiger partial charge in [0.15, 0.2) is 0 Å². The average Bonchev–Trinajstić information content (AvgIpc) is 2.20. The van der Waals surface area contributed by atoms with Crippen molar-refractivity contribution < 1.29 is 5.11 Å². The van der Waals surface area contributed by atoms with Crippen LogP contribution in [0.2, 0.25) is 10.0 Å². The van der Waals surface area contributed by atoms with Crippen molar-refractivity contribution in [1.82, 2.24) is 0 Å². The van der Waals surface area contributed by atoms with Crippen LogP contribution in [-0.2, 0) is 0 Å². The Morgan fingerprint density at radius 1 is 0.938 bits per heavy atom. The van der Waals surface area contributed by atoms with E-state index in [1.54, 1.807) is 6.07 Å². The van der Waals surface area contributed by atoms with Gasteiger partial charge in [-0.1, -0.05) is 29.3 Å². The summed E-state index contributed by atoms with van der Waals surface area (Å²) in [5.74, 6) is 0.162. The molecule has 0 bridgehead atoms. The number of benzene rings is 2. The van der Waals surface area contributed by atoms with E-state index in [0.717, 1.165) is 21.7 Å². The maximum Gasteiger partial charge on any atom is 0.117 e. The van der Waals surface area contributed by atoms with Gasteiger partial charge in [0.05, 0.1) is 0 Å². The molecule has 0 aliphatic carbocycles. The lowest BCUT2D eigenvalue weighted by Crippen LogP contribution is -1.81. The summed E-state index contributed by atoms with van der Waals surface area (Å²) in [6, 6.07) is 10.7. The smallest absolute Gasteiger partial charge is 0.117 e. The summed E-state index contributed by atoms with van der Waals surface area (Å²) in [4.78, 5) is 0. The SMILES string of the molecule is Cc1cc(-c2cc(O)cc(Cl)c2)ccc1Cl. The van der Waals surface area contributed by atoms with E-state index in [2.05, 4.69) is 0 Å². The van der Waals surface area contributed by atoms with Gasteiger partial charge in [0.2, 0.25) is 0 Å². The second-order valence-corrected chi connectivity index (χ2v) is 4.51. The molecular weight excluding hydrogens is 243 g/mol. The van der Waals surface area contributed by atoms with Crippen LogP contribution in [-0.4, -0.2) is 5.11 Å². The summed E-state index contributed by atoms with van der Waals surface area (Å²) < 4.78 is 0. The van der Waals surface area contributed by atoms with Gasteiger partial charge in [-0.3, -0.25) is 0 Å². The molecule has 1 N–H and O–H groups in total. The minimum atomic E-state index is 0.162. The van der Waals surface area contributed by atoms with Gasteiger partial charge < -0.3 is 5.11 Å². The molecule has 16 heavy (non-hydrogen) atoms. The number of hydrogen-bond donors (Lipinski definition) is 1. The van der Waals surface area contributed by atoms with Crippen molar-refractivity contribution in [2.75, 3.05) is 0 Å². The first-order valence-corrected chi connectivity index (χ1v) is 5.58. The van der Waals surface area contributed by atoms with Crippen molar-refractivity contribution in [3.05, 3.63) is 52.0 Å². The third kappa shape index (κ3) is 2.31. The zero-order valence-corrected chi connectivity index (χ0v) is 10.2. The number of halogens is 2. The van der Waals surface area contributed by atoms with Crippen LogP contribution in [0.3, 0.4) is 0 Å². The van der Waals surface area contributed by atoms with Gasteiger partial charge in [-0.05, 0) is 53.9 Å². The largest absolute Gasteiger partial charge is 0.508 e. The number of hydrogen-bond acceptors (Lipinski definition) is 1. The predicted molar refractivity (Wildman–Crippen MR) is 68.3 cm³/mol. The lowest BCUT2D eigenvalue weighted by molar-refractivity contribution is 0.475. The molecule has 0 atom stereocenters.